The van der Waals surface area contributed by atoms with Crippen molar-refractivity contribution in [3.63, 3.8) is 0 Å². The van der Waals surface area contributed by atoms with Gasteiger partial charge >= 0.3 is 0 Å². The van der Waals surface area contributed by atoms with Gasteiger partial charge in [-0.25, -0.2) is 0 Å². The number of amides is 1. The second-order valence-corrected chi connectivity index (χ2v) is 8.29. The number of aromatic hydroxyl groups is 1. The van der Waals surface area contributed by atoms with Gasteiger partial charge in [0.2, 0.25) is 5.91 Å². The van der Waals surface area contributed by atoms with Crippen LogP contribution in [0.25, 0.3) is 0 Å². The summed E-state index contributed by atoms with van der Waals surface area (Å²) in [6.07, 6.45) is 0.848. The van der Waals surface area contributed by atoms with Crippen molar-refractivity contribution in [2.24, 2.45) is 0 Å². The number of hydrogen-bond acceptors (Lipinski definition) is 4. The summed E-state index contributed by atoms with van der Waals surface area (Å²) >= 11 is 0. The number of piperazine rings is 1. The number of nitrogens with zero attached hydrogens (tertiary/aromatic N) is 3. The van der Waals surface area contributed by atoms with E-state index in [-0.39, 0.29) is 5.91 Å². The highest BCUT2D eigenvalue weighted by atomic mass is 16.3. The van der Waals surface area contributed by atoms with Gasteiger partial charge in [0.15, 0.2) is 0 Å². The molecule has 32 heavy (non-hydrogen) atoms. The van der Waals surface area contributed by atoms with E-state index in [1.54, 1.807) is 6.07 Å². The Balaban J connectivity index is 1.35. The SMILES string of the molecule is O=C(CN1CCN(c2ccccc2O)CC1)N(CCc1ccccc1)Cc1ccccc1. The van der Waals surface area contributed by atoms with Crippen LogP contribution in [0, 0.1) is 0 Å². The minimum atomic E-state index is 0.167. The van der Waals surface area contributed by atoms with Crippen LogP contribution in [0.5, 0.6) is 5.75 Å². The van der Waals surface area contributed by atoms with Crippen LogP contribution >= 0.6 is 0 Å². The van der Waals surface area contributed by atoms with Gasteiger partial charge in [-0.2, -0.15) is 0 Å². The molecule has 0 spiro atoms. The van der Waals surface area contributed by atoms with E-state index in [9.17, 15) is 9.90 Å². The molecule has 0 bridgehead atoms. The highest BCUT2D eigenvalue weighted by Gasteiger charge is 2.23. The van der Waals surface area contributed by atoms with Crippen molar-refractivity contribution in [3.8, 4) is 5.75 Å². The number of hydrogen-bond donors (Lipinski definition) is 1. The zero-order chi connectivity index (χ0) is 22.2. The van der Waals surface area contributed by atoms with Crippen LogP contribution in [-0.4, -0.2) is 60.1 Å². The van der Waals surface area contributed by atoms with E-state index in [1.165, 1.54) is 5.56 Å². The average molecular weight is 430 g/mol. The average Bonchev–Trinajstić information content (AvgIpc) is 2.84. The van der Waals surface area contributed by atoms with Crippen molar-refractivity contribution < 1.29 is 9.90 Å². The molecular weight excluding hydrogens is 398 g/mol. The first-order chi connectivity index (χ1) is 15.7. The van der Waals surface area contributed by atoms with Gasteiger partial charge in [0.05, 0.1) is 12.2 Å². The molecule has 1 saturated heterocycles. The molecule has 5 nitrogen and oxygen atoms in total. The van der Waals surface area contributed by atoms with Crippen LogP contribution in [0.1, 0.15) is 11.1 Å². The van der Waals surface area contributed by atoms with Crippen LogP contribution in [0.4, 0.5) is 5.69 Å². The minimum Gasteiger partial charge on any atom is -0.506 e. The van der Waals surface area contributed by atoms with Gasteiger partial charge in [-0.05, 0) is 29.7 Å². The molecule has 1 aliphatic heterocycles. The van der Waals surface area contributed by atoms with E-state index in [2.05, 4.69) is 34.1 Å². The zero-order valence-electron chi connectivity index (χ0n) is 18.4. The van der Waals surface area contributed by atoms with E-state index >= 15 is 0 Å². The predicted octanol–water partition coefficient (Wildman–Crippen LogP) is 3.79. The number of phenols is 1. The van der Waals surface area contributed by atoms with Crippen LogP contribution in [-0.2, 0) is 17.8 Å². The summed E-state index contributed by atoms with van der Waals surface area (Å²) in [7, 11) is 0. The molecule has 0 atom stereocenters. The number of benzene rings is 3. The number of anilines is 1. The molecule has 3 aromatic carbocycles. The fourth-order valence-corrected chi connectivity index (χ4v) is 4.17. The van der Waals surface area contributed by atoms with Crippen LogP contribution in [0.2, 0.25) is 0 Å². The van der Waals surface area contributed by atoms with E-state index < -0.39 is 0 Å². The predicted molar refractivity (Wildman–Crippen MR) is 129 cm³/mol. The fraction of sp³-hybridized carbons (Fsp3) is 0.296. The summed E-state index contributed by atoms with van der Waals surface area (Å²) in [6, 6.07) is 28.0. The van der Waals surface area contributed by atoms with Gasteiger partial charge in [0.1, 0.15) is 5.75 Å². The maximum atomic E-state index is 13.3. The first kappa shape index (κ1) is 21.9. The fourth-order valence-electron chi connectivity index (χ4n) is 4.17. The van der Waals surface area contributed by atoms with Gasteiger partial charge in [-0.1, -0.05) is 72.8 Å². The molecule has 3 aromatic rings. The molecule has 1 aliphatic rings. The lowest BCUT2D eigenvalue weighted by Crippen LogP contribution is -2.50. The molecule has 0 radical (unpaired) electrons. The van der Waals surface area contributed by atoms with Crippen molar-refractivity contribution >= 4 is 11.6 Å². The van der Waals surface area contributed by atoms with Crippen molar-refractivity contribution in [2.45, 2.75) is 13.0 Å². The smallest absolute Gasteiger partial charge is 0.237 e. The number of phenolic OH excluding ortho intramolecular Hbond substituents is 1. The Bertz CT molecular complexity index is 986. The lowest BCUT2D eigenvalue weighted by Gasteiger charge is -2.36. The number of carbonyl (C=O) groups is 1. The molecular formula is C27H31N3O2. The molecule has 0 unspecified atom stereocenters. The Hall–Kier alpha value is -3.31. The molecule has 1 heterocycles. The Morgan fingerprint density at radius 2 is 1.38 bits per heavy atom. The van der Waals surface area contributed by atoms with Gasteiger partial charge < -0.3 is 14.9 Å². The second-order valence-electron chi connectivity index (χ2n) is 8.29. The largest absolute Gasteiger partial charge is 0.506 e. The standard InChI is InChI=1S/C27H31N3O2/c31-26-14-8-7-13-25(26)29-19-17-28(18-20-29)22-27(32)30(21-24-11-5-2-6-12-24)16-15-23-9-3-1-4-10-23/h1-14,31H,15-22H2. The summed E-state index contributed by atoms with van der Waals surface area (Å²) in [4.78, 5) is 19.7. The maximum absolute atomic E-state index is 13.3. The molecule has 4 rings (SSSR count). The third kappa shape index (κ3) is 5.89. The van der Waals surface area contributed by atoms with Gasteiger partial charge in [-0.3, -0.25) is 9.69 Å². The minimum absolute atomic E-state index is 0.167. The first-order valence-electron chi connectivity index (χ1n) is 11.3. The van der Waals surface area contributed by atoms with Crippen molar-refractivity contribution in [1.82, 2.24) is 9.80 Å². The number of carbonyl (C=O) groups excluding carboxylic acids is 1. The molecule has 0 saturated carbocycles. The molecule has 0 aliphatic carbocycles. The van der Waals surface area contributed by atoms with Gasteiger partial charge in [0, 0.05) is 39.3 Å². The summed E-state index contributed by atoms with van der Waals surface area (Å²) in [6.45, 7) is 4.97. The lowest BCUT2D eigenvalue weighted by molar-refractivity contribution is -0.133. The normalized spacial score (nSPS) is 14.3. The Morgan fingerprint density at radius 1 is 0.781 bits per heavy atom. The number of para-hydroxylation sites is 2. The van der Waals surface area contributed by atoms with Crippen LogP contribution < -0.4 is 4.90 Å². The van der Waals surface area contributed by atoms with Crippen molar-refractivity contribution in [2.75, 3.05) is 44.2 Å². The van der Waals surface area contributed by atoms with Gasteiger partial charge in [-0.15, -0.1) is 0 Å². The van der Waals surface area contributed by atoms with Gasteiger partial charge in [0.25, 0.3) is 0 Å². The monoisotopic (exact) mass is 429 g/mol. The van der Waals surface area contributed by atoms with E-state index in [0.717, 1.165) is 43.9 Å². The molecule has 1 amide bonds. The molecule has 1 N–H and O–H groups in total. The Kier molecular flexibility index (Phi) is 7.41. The summed E-state index contributed by atoms with van der Waals surface area (Å²) < 4.78 is 0. The topological polar surface area (TPSA) is 47.0 Å². The lowest BCUT2D eigenvalue weighted by atomic mass is 10.1. The van der Waals surface area contributed by atoms with E-state index in [1.807, 2.05) is 59.5 Å². The summed E-state index contributed by atoms with van der Waals surface area (Å²) in [5, 5.41) is 10.1. The molecule has 0 aromatic heterocycles. The van der Waals surface area contributed by atoms with E-state index in [0.29, 0.717) is 25.4 Å². The van der Waals surface area contributed by atoms with Crippen molar-refractivity contribution in [1.29, 1.82) is 0 Å². The third-order valence-corrected chi connectivity index (χ3v) is 6.04. The van der Waals surface area contributed by atoms with Crippen LogP contribution in [0.15, 0.2) is 84.9 Å². The first-order valence-corrected chi connectivity index (χ1v) is 11.3. The number of rotatable bonds is 8. The second kappa shape index (κ2) is 10.8. The highest BCUT2D eigenvalue weighted by Crippen LogP contribution is 2.27. The molecule has 1 fully saturated rings. The molecule has 166 valence electrons. The zero-order valence-corrected chi connectivity index (χ0v) is 18.4. The quantitative estimate of drug-likeness (QED) is 0.592. The molecule has 5 heteroatoms. The Labute approximate surface area is 190 Å². The van der Waals surface area contributed by atoms with E-state index in [4.69, 9.17) is 0 Å². The Morgan fingerprint density at radius 3 is 2.03 bits per heavy atom. The maximum Gasteiger partial charge on any atom is 0.237 e. The third-order valence-electron chi connectivity index (χ3n) is 6.04. The van der Waals surface area contributed by atoms with Crippen LogP contribution in [0.3, 0.4) is 0 Å². The van der Waals surface area contributed by atoms with Crippen molar-refractivity contribution in [3.05, 3.63) is 96.1 Å². The highest BCUT2D eigenvalue weighted by molar-refractivity contribution is 5.78. The summed E-state index contributed by atoms with van der Waals surface area (Å²) in [5.74, 6) is 0.479. The summed E-state index contributed by atoms with van der Waals surface area (Å²) in [5.41, 5.74) is 3.26.